The van der Waals surface area contributed by atoms with Gasteiger partial charge in [-0.3, -0.25) is 4.74 Å². The molecule has 0 bridgehead atoms. The van der Waals surface area contributed by atoms with Crippen molar-refractivity contribution in [1.29, 1.82) is 0 Å². The summed E-state index contributed by atoms with van der Waals surface area (Å²) < 4.78 is 29.4. The van der Waals surface area contributed by atoms with E-state index in [-0.39, 0.29) is 5.56 Å². The van der Waals surface area contributed by atoms with E-state index in [9.17, 15) is 8.78 Å². The van der Waals surface area contributed by atoms with Crippen LogP contribution in [0.2, 0.25) is 0 Å². The van der Waals surface area contributed by atoms with Crippen molar-refractivity contribution < 1.29 is 13.5 Å². The van der Waals surface area contributed by atoms with Gasteiger partial charge in [0, 0.05) is 5.56 Å². The molecule has 1 aromatic carbocycles. The van der Waals surface area contributed by atoms with Crippen LogP contribution >= 0.6 is 0 Å². The van der Waals surface area contributed by atoms with Gasteiger partial charge in [-0.1, -0.05) is 30.3 Å². The Kier molecular flexibility index (Phi) is 1.23. The Morgan fingerprint density at radius 3 is 2.27 bits per heavy atom. The maximum absolute atomic E-state index is 13.0. The van der Waals surface area contributed by atoms with Crippen molar-refractivity contribution in [3.63, 3.8) is 0 Å². The highest BCUT2D eigenvalue weighted by Crippen LogP contribution is 2.48. The molecule has 1 heterocycles. The van der Waals surface area contributed by atoms with Gasteiger partial charge in [-0.2, -0.15) is 0 Å². The van der Waals surface area contributed by atoms with E-state index < -0.39 is 12.2 Å². The summed E-state index contributed by atoms with van der Waals surface area (Å²) in [6.45, 7) is 0. The lowest BCUT2D eigenvalue weighted by molar-refractivity contribution is 0.140. The quantitative estimate of drug-likeness (QED) is 0.567. The number of rotatable bonds is 1. The highest BCUT2D eigenvalue weighted by atomic mass is 19.2. The fourth-order valence-corrected chi connectivity index (χ4v) is 0.981. The fourth-order valence-electron chi connectivity index (χ4n) is 0.981. The van der Waals surface area contributed by atoms with Gasteiger partial charge in [0.1, 0.15) is 0 Å². The molecule has 1 aliphatic rings. The van der Waals surface area contributed by atoms with E-state index in [4.69, 9.17) is 0 Å². The standard InChI is InChI=1S/C8H6F2O/c9-7-8(10,11-7)6-4-2-1-3-5-6/h1-5,7H. The lowest BCUT2D eigenvalue weighted by atomic mass is 10.1. The number of ether oxygens (including phenoxy) is 1. The molecule has 1 aromatic rings. The van der Waals surface area contributed by atoms with Crippen LogP contribution in [0.4, 0.5) is 8.78 Å². The molecule has 11 heavy (non-hydrogen) atoms. The number of benzene rings is 1. The van der Waals surface area contributed by atoms with E-state index in [1.807, 2.05) is 0 Å². The molecule has 1 fully saturated rings. The van der Waals surface area contributed by atoms with Gasteiger partial charge in [-0.15, -0.1) is 0 Å². The highest BCUT2D eigenvalue weighted by Gasteiger charge is 2.60. The van der Waals surface area contributed by atoms with Crippen LogP contribution in [-0.4, -0.2) is 6.36 Å². The largest absolute Gasteiger partial charge is 0.297 e. The van der Waals surface area contributed by atoms with Gasteiger partial charge in [0.25, 0.3) is 12.2 Å². The SMILES string of the molecule is FC1OC1(F)c1ccccc1. The summed E-state index contributed by atoms with van der Waals surface area (Å²) in [7, 11) is 0. The molecule has 0 spiro atoms. The third kappa shape index (κ3) is 0.922. The summed E-state index contributed by atoms with van der Waals surface area (Å²) in [6.07, 6.45) is -1.79. The zero-order chi connectivity index (χ0) is 7.90. The minimum Gasteiger partial charge on any atom is -0.297 e. The Morgan fingerprint density at radius 2 is 1.82 bits per heavy atom. The number of hydrogen-bond donors (Lipinski definition) is 0. The summed E-state index contributed by atoms with van der Waals surface area (Å²) in [4.78, 5) is 0. The van der Waals surface area contributed by atoms with Crippen LogP contribution in [0, 0.1) is 0 Å². The maximum atomic E-state index is 13.0. The molecule has 0 aliphatic carbocycles. The molecule has 1 aliphatic heterocycles. The summed E-state index contributed by atoms with van der Waals surface area (Å²) in [6, 6.07) is 8.03. The molecule has 0 aromatic heterocycles. The van der Waals surface area contributed by atoms with E-state index >= 15 is 0 Å². The van der Waals surface area contributed by atoms with Crippen molar-refractivity contribution in [2.24, 2.45) is 0 Å². The zero-order valence-electron chi connectivity index (χ0n) is 5.63. The Hall–Kier alpha value is -0.960. The maximum Gasteiger partial charge on any atom is 0.294 e. The first-order valence-electron chi connectivity index (χ1n) is 3.30. The number of hydrogen-bond acceptors (Lipinski definition) is 1. The van der Waals surface area contributed by atoms with Crippen molar-refractivity contribution in [2.75, 3.05) is 0 Å². The topological polar surface area (TPSA) is 12.5 Å². The smallest absolute Gasteiger partial charge is 0.294 e. The van der Waals surface area contributed by atoms with Gasteiger partial charge in [-0.25, -0.2) is 8.78 Å². The van der Waals surface area contributed by atoms with E-state index in [1.54, 1.807) is 18.2 Å². The lowest BCUT2D eigenvalue weighted by Gasteiger charge is -1.98. The molecule has 0 N–H and O–H groups in total. The van der Waals surface area contributed by atoms with Gasteiger partial charge in [0.15, 0.2) is 0 Å². The average molecular weight is 156 g/mol. The first kappa shape index (κ1) is 6.73. The molecular formula is C8H6F2O. The van der Waals surface area contributed by atoms with Crippen molar-refractivity contribution in [2.45, 2.75) is 12.2 Å². The van der Waals surface area contributed by atoms with Crippen molar-refractivity contribution in [3.8, 4) is 0 Å². The van der Waals surface area contributed by atoms with Gasteiger partial charge < -0.3 is 0 Å². The predicted octanol–water partition coefficient (Wildman–Crippen LogP) is 2.13. The van der Waals surface area contributed by atoms with E-state index in [0.29, 0.717) is 0 Å². The predicted molar refractivity (Wildman–Crippen MR) is 35.2 cm³/mol. The number of alkyl halides is 2. The molecule has 2 rings (SSSR count). The fraction of sp³-hybridized carbons (Fsp3) is 0.250. The number of epoxide rings is 1. The van der Waals surface area contributed by atoms with Gasteiger partial charge in [0.2, 0.25) is 0 Å². The Balaban J connectivity index is 2.32. The van der Waals surface area contributed by atoms with Crippen LogP contribution in [0.1, 0.15) is 5.56 Å². The molecule has 58 valence electrons. The second-order valence-electron chi connectivity index (χ2n) is 2.44. The Labute approximate surface area is 62.6 Å². The van der Waals surface area contributed by atoms with Crippen LogP contribution in [0.3, 0.4) is 0 Å². The summed E-state index contributed by atoms with van der Waals surface area (Å²) >= 11 is 0. The monoisotopic (exact) mass is 156 g/mol. The van der Waals surface area contributed by atoms with Crippen LogP contribution in [0.15, 0.2) is 30.3 Å². The third-order valence-corrected chi connectivity index (χ3v) is 1.68. The van der Waals surface area contributed by atoms with Crippen molar-refractivity contribution in [1.82, 2.24) is 0 Å². The van der Waals surface area contributed by atoms with Crippen LogP contribution in [0.25, 0.3) is 0 Å². The molecule has 3 heteroatoms. The van der Waals surface area contributed by atoms with E-state index in [2.05, 4.69) is 4.74 Å². The van der Waals surface area contributed by atoms with Crippen LogP contribution in [0.5, 0.6) is 0 Å². The zero-order valence-corrected chi connectivity index (χ0v) is 5.63. The molecular weight excluding hydrogens is 150 g/mol. The molecule has 0 amide bonds. The molecule has 2 atom stereocenters. The van der Waals surface area contributed by atoms with Gasteiger partial charge in [0.05, 0.1) is 0 Å². The molecule has 1 nitrogen and oxygen atoms in total. The van der Waals surface area contributed by atoms with Gasteiger partial charge >= 0.3 is 0 Å². The second-order valence-corrected chi connectivity index (χ2v) is 2.44. The summed E-state index contributed by atoms with van der Waals surface area (Å²) in [5.74, 6) is -2.17. The van der Waals surface area contributed by atoms with Gasteiger partial charge in [-0.05, 0) is 0 Å². The molecule has 1 saturated heterocycles. The van der Waals surface area contributed by atoms with Crippen molar-refractivity contribution >= 4 is 0 Å². The normalized spacial score (nSPS) is 35.3. The first-order chi connectivity index (χ1) is 5.23. The second kappa shape index (κ2) is 2.01. The third-order valence-electron chi connectivity index (χ3n) is 1.68. The minimum atomic E-state index is -2.17. The van der Waals surface area contributed by atoms with Crippen molar-refractivity contribution in [3.05, 3.63) is 35.9 Å². The van der Waals surface area contributed by atoms with Crippen LogP contribution < -0.4 is 0 Å². The van der Waals surface area contributed by atoms with E-state index in [0.717, 1.165) is 0 Å². The molecule has 0 radical (unpaired) electrons. The van der Waals surface area contributed by atoms with E-state index in [1.165, 1.54) is 12.1 Å². The molecule has 0 saturated carbocycles. The summed E-state index contributed by atoms with van der Waals surface area (Å²) in [5, 5.41) is 0. The Morgan fingerprint density at radius 1 is 1.27 bits per heavy atom. The average Bonchev–Trinajstić information content (AvgIpc) is 2.64. The Bertz CT molecular complexity index is 262. The highest BCUT2D eigenvalue weighted by molar-refractivity contribution is 5.24. The molecule has 2 unspecified atom stereocenters. The summed E-state index contributed by atoms with van der Waals surface area (Å²) in [5.41, 5.74) is 0.243. The lowest BCUT2D eigenvalue weighted by Crippen LogP contribution is -2.01. The van der Waals surface area contributed by atoms with Crippen LogP contribution in [-0.2, 0) is 10.6 Å². The first-order valence-corrected chi connectivity index (χ1v) is 3.30. The number of halogens is 2. The minimum absolute atomic E-state index is 0.243.